The number of pyridine rings is 1. The topological polar surface area (TPSA) is 54.9 Å². The van der Waals surface area contributed by atoms with Crippen LogP contribution in [0.4, 0.5) is 5.13 Å². The predicted octanol–water partition coefficient (Wildman–Crippen LogP) is 3.19. The Morgan fingerprint density at radius 1 is 1.33 bits per heavy atom. The summed E-state index contributed by atoms with van der Waals surface area (Å²) in [5, 5.41) is 3.44. The molecule has 0 unspecified atom stereocenters. The van der Waals surface area contributed by atoms with Gasteiger partial charge in [0.1, 0.15) is 0 Å². The van der Waals surface area contributed by atoms with Crippen LogP contribution >= 0.6 is 11.3 Å². The maximum atomic E-state index is 11.8. The van der Waals surface area contributed by atoms with E-state index in [1.807, 2.05) is 32.9 Å². The van der Waals surface area contributed by atoms with Gasteiger partial charge in [-0.05, 0) is 6.07 Å². The summed E-state index contributed by atoms with van der Waals surface area (Å²) in [7, 11) is 0. The van der Waals surface area contributed by atoms with Gasteiger partial charge in [-0.15, -0.1) is 0 Å². The van der Waals surface area contributed by atoms with Crippen LogP contribution in [-0.2, 0) is 4.79 Å². The number of hydrogen-bond acceptors (Lipinski definition) is 4. The molecule has 0 aliphatic heterocycles. The van der Waals surface area contributed by atoms with Crippen molar-refractivity contribution in [3.63, 3.8) is 0 Å². The minimum Gasteiger partial charge on any atom is -0.302 e. The molecule has 5 heteroatoms. The average molecular weight is 261 g/mol. The van der Waals surface area contributed by atoms with Crippen molar-refractivity contribution in [1.29, 1.82) is 0 Å². The molecule has 0 aliphatic rings. The van der Waals surface area contributed by atoms with Gasteiger partial charge >= 0.3 is 0 Å². The van der Waals surface area contributed by atoms with E-state index >= 15 is 0 Å². The quantitative estimate of drug-likeness (QED) is 0.903. The standard InChI is InChI=1S/C13H15N3OS/c1-13(2,3)11(17)16-12-15-8-10(18-12)9-5-4-6-14-7-9/h4-8H,1-3H3,(H,15,16,17). The van der Waals surface area contributed by atoms with E-state index in [0.717, 1.165) is 10.4 Å². The van der Waals surface area contributed by atoms with Crippen LogP contribution in [0.3, 0.4) is 0 Å². The molecule has 18 heavy (non-hydrogen) atoms. The number of thiazole rings is 1. The molecular formula is C13H15N3OS. The van der Waals surface area contributed by atoms with Crippen LogP contribution in [0.15, 0.2) is 30.7 Å². The fraction of sp³-hybridized carbons (Fsp3) is 0.308. The summed E-state index contributed by atoms with van der Waals surface area (Å²) in [6, 6.07) is 3.85. The molecule has 2 aromatic rings. The third kappa shape index (κ3) is 2.92. The summed E-state index contributed by atoms with van der Waals surface area (Å²) in [5.41, 5.74) is 0.589. The minimum atomic E-state index is -0.417. The van der Waals surface area contributed by atoms with E-state index in [0.29, 0.717) is 5.13 Å². The van der Waals surface area contributed by atoms with Crippen LogP contribution in [-0.4, -0.2) is 15.9 Å². The zero-order valence-electron chi connectivity index (χ0n) is 10.6. The number of carbonyl (C=O) groups is 1. The van der Waals surface area contributed by atoms with Gasteiger partial charge in [-0.1, -0.05) is 38.2 Å². The second kappa shape index (κ2) is 4.86. The van der Waals surface area contributed by atoms with E-state index < -0.39 is 5.41 Å². The van der Waals surface area contributed by atoms with E-state index in [1.165, 1.54) is 11.3 Å². The molecule has 0 atom stereocenters. The highest BCUT2D eigenvalue weighted by Crippen LogP contribution is 2.29. The molecule has 0 spiro atoms. The summed E-state index contributed by atoms with van der Waals surface area (Å²) in [6.07, 6.45) is 5.26. The van der Waals surface area contributed by atoms with Crippen LogP contribution in [0.5, 0.6) is 0 Å². The Hall–Kier alpha value is -1.75. The fourth-order valence-corrected chi connectivity index (χ4v) is 2.06. The van der Waals surface area contributed by atoms with Gasteiger partial charge in [0, 0.05) is 29.6 Å². The predicted molar refractivity (Wildman–Crippen MR) is 73.4 cm³/mol. The van der Waals surface area contributed by atoms with Gasteiger partial charge in [0.25, 0.3) is 0 Å². The molecule has 1 N–H and O–H groups in total. The normalized spacial score (nSPS) is 11.3. The fourth-order valence-electron chi connectivity index (χ4n) is 1.26. The molecule has 0 aromatic carbocycles. The molecule has 0 radical (unpaired) electrons. The average Bonchev–Trinajstić information content (AvgIpc) is 2.77. The van der Waals surface area contributed by atoms with Crippen molar-refractivity contribution in [3.8, 4) is 10.4 Å². The van der Waals surface area contributed by atoms with E-state index in [1.54, 1.807) is 18.6 Å². The first-order valence-electron chi connectivity index (χ1n) is 5.64. The Labute approximate surface area is 110 Å². The van der Waals surface area contributed by atoms with E-state index in [4.69, 9.17) is 0 Å². The molecule has 2 rings (SSSR count). The lowest BCUT2D eigenvalue weighted by molar-refractivity contribution is -0.123. The van der Waals surface area contributed by atoms with E-state index in [2.05, 4.69) is 15.3 Å². The summed E-state index contributed by atoms with van der Waals surface area (Å²) in [5.74, 6) is -0.0328. The number of aromatic nitrogens is 2. The number of carbonyl (C=O) groups excluding carboxylic acids is 1. The lowest BCUT2D eigenvalue weighted by atomic mass is 9.96. The molecule has 4 nitrogen and oxygen atoms in total. The first-order valence-corrected chi connectivity index (χ1v) is 6.46. The third-order valence-electron chi connectivity index (χ3n) is 2.35. The number of anilines is 1. The highest BCUT2D eigenvalue weighted by Gasteiger charge is 2.22. The van der Waals surface area contributed by atoms with Gasteiger partial charge in [0.15, 0.2) is 5.13 Å². The van der Waals surface area contributed by atoms with Crippen LogP contribution in [0, 0.1) is 5.41 Å². The van der Waals surface area contributed by atoms with Gasteiger partial charge in [-0.25, -0.2) is 4.98 Å². The Balaban J connectivity index is 2.15. The van der Waals surface area contributed by atoms with Crippen molar-refractivity contribution in [2.45, 2.75) is 20.8 Å². The van der Waals surface area contributed by atoms with Crippen LogP contribution < -0.4 is 5.32 Å². The Kier molecular flexibility index (Phi) is 3.43. The Morgan fingerprint density at radius 2 is 2.11 bits per heavy atom. The van der Waals surface area contributed by atoms with Crippen molar-refractivity contribution < 1.29 is 4.79 Å². The van der Waals surface area contributed by atoms with Crippen molar-refractivity contribution in [2.24, 2.45) is 5.41 Å². The Morgan fingerprint density at radius 3 is 2.72 bits per heavy atom. The van der Waals surface area contributed by atoms with Crippen molar-refractivity contribution in [1.82, 2.24) is 9.97 Å². The summed E-state index contributed by atoms with van der Waals surface area (Å²) in [6.45, 7) is 5.62. The maximum absolute atomic E-state index is 11.8. The molecule has 0 aliphatic carbocycles. The van der Waals surface area contributed by atoms with Gasteiger partial charge in [-0.3, -0.25) is 9.78 Å². The van der Waals surface area contributed by atoms with Crippen molar-refractivity contribution >= 4 is 22.4 Å². The van der Waals surface area contributed by atoms with Gasteiger partial charge in [-0.2, -0.15) is 0 Å². The zero-order chi connectivity index (χ0) is 13.2. The number of hydrogen-bond donors (Lipinski definition) is 1. The highest BCUT2D eigenvalue weighted by molar-refractivity contribution is 7.19. The molecule has 0 saturated heterocycles. The van der Waals surface area contributed by atoms with E-state index in [9.17, 15) is 4.79 Å². The lowest BCUT2D eigenvalue weighted by Gasteiger charge is -2.15. The largest absolute Gasteiger partial charge is 0.302 e. The van der Waals surface area contributed by atoms with Gasteiger partial charge in [0.2, 0.25) is 5.91 Å². The van der Waals surface area contributed by atoms with Crippen molar-refractivity contribution in [2.75, 3.05) is 5.32 Å². The molecular weight excluding hydrogens is 246 g/mol. The number of rotatable bonds is 2. The molecule has 2 heterocycles. The van der Waals surface area contributed by atoms with Crippen LogP contribution in [0.1, 0.15) is 20.8 Å². The zero-order valence-corrected chi connectivity index (χ0v) is 11.4. The lowest BCUT2D eigenvalue weighted by Crippen LogP contribution is -2.27. The second-order valence-corrected chi connectivity index (χ2v) is 6.01. The molecule has 0 bridgehead atoms. The SMILES string of the molecule is CC(C)(C)C(=O)Nc1ncc(-c2cccnc2)s1. The molecule has 94 valence electrons. The molecule has 0 fully saturated rings. The third-order valence-corrected chi connectivity index (χ3v) is 3.32. The van der Waals surface area contributed by atoms with Gasteiger partial charge < -0.3 is 5.32 Å². The van der Waals surface area contributed by atoms with Crippen LogP contribution in [0.25, 0.3) is 10.4 Å². The first-order chi connectivity index (χ1) is 8.47. The summed E-state index contributed by atoms with van der Waals surface area (Å²) >= 11 is 1.45. The van der Waals surface area contributed by atoms with Gasteiger partial charge in [0.05, 0.1) is 4.88 Å². The Bertz CT molecular complexity index is 543. The number of nitrogens with one attached hydrogen (secondary N) is 1. The van der Waals surface area contributed by atoms with E-state index in [-0.39, 0.29) is 5.91 Å². The minimum absolute atomic E-state index is 0.0328. The molecule has 1 amide bonds. The van der Waals surface area contributed by atoms with Crippen molar-refractivity contribution in [3.05, 3.63) is 30.7 Å². The maximum Gasteiger partial charge on any atom is 0.231 e. The highest BCUT2D eigenvalue weighted by atomic mass is 32.1. The molecule has 0 saturated carbocycles. The second-order valence-electron chi connectivity index (χ2n) is 4.98. The summed E-state index contributed by atoms with van der Waals surface area (Å²) < 4.78 is 0. The number of nitrogens with zero attached hydrogens (tertiary/aromatic N) is 2. The summed E-state index contributed by atoms with van der Waals surface area (Å²) in [4.78, 5) is 21.1. The first kappa shape index (κ1) is 12.7. The smallest absolute Gasteiger partial charge is 0.231 e. The monoisotopic (exact) mass is 261 g/mol. The molecule has 2 aromatic heterocycles. The number of amides is 1. The van der Waals surface area contributed by atoms with Crippen LogP contribution in [0.2, 0.25) is 0 Å².